The summed E-state index contributed by atoms with van der Waals surface area (Å²) in [6, 6.07) is 14.2. The van der Waals surface area contributed by atoms with Crippen LogP contribution in [0.25, 0.3) is 10.9 Å². The Labute approximate surface area is 184 Å². The number of thioether (sulfide) groups is 1. The molecular weight excluding hydrogens is 412 g/mol. The van der Waals surface area contributed by atoms with Gasteiger partial charge in [0.1, 0.15) is 0 Å². The molecule has 1 aliphatic carbocycles. The van der Waals surface area contributed by atoms with Gasteiger partial charge in [-0.1, -0.05) is 36.7 Å². The Morgan fingerprint density at radius 3 is 2.52 bits per heavy atom. The van der Waals surface area contributed by atoms with Crippen LogP contribution < -0.4 is 16.2 Å². The van der Waals surface area contributed by atoms with Crippen molar-refractivity contribution in [2.75, 3.05) is 18.1 Å². The van der Waals surface area contributed by atoms with Crippen LogP contribution in [0.1, 0.15) is 42.1 Å². The van der Waals surface area contributed by atoms with Crippen LogP contribution in [0.15, 0.2) is 58.5 Å². The number of carbonyl (C=O) groups is 2. The van der Waals surface area contributed by atoms with E-state index in [1.807, 2.05) is 18.2 Å². The third-order valence-corrected chi connectivity index (χ3v) is 6.41. The fourth-order valence-corrected chi connectivity index (χ4v) is 4.75. The number of carbonyl (C=O) groups excluding carboxylic acids is 2. The molecule has 0 spiro atoms. The van der Waals surface area contributed by atoms with Crippen molar-refractivity contribution in [3.63, 3.8) is 0 Å². The fourth-order valence-electron chi connectivity index (χ4n) is 3.89. The predicted octanol–water partition coefficient (Wildman–Crippen LogP) is 3.60. The first-order valence-corrected chi connectivity index (χ1v) is 11.3. The van der Waals surface area contributed by atoms with E-state index >= 15 is 0 Å². The highest BCUT2D eigenvalue weighted by Crippen LogP contribution is 2.32. The van der Waals surface area contributed by atoms with Gasteiger partial charge in [0.05, 0.1) is 16.7 Å². The molecule has 1 saturated carbocycles. The molecular formula is C23H24N4O3S. The third-order valence-electron chi connectivity index (χ3n) is 5.46. The normalized spacial score (nSPS) is 14.0. The van der Waals surface area contributed by atoms with Crippen LogP contribution in [-0.4, -0.2) is 34.2 Å². The highest BCUT2D eigenvalue weighted by Gasteiger charge is 2.23. The maximum absolute atomic E-state index is 13.2. The van der Waals surface area contributed by atoms with Crippen LogP contribution in [0.2, 0.25) is 0 Å². The number of nitrogens with zero attached hydrogens (tertiary/aromatic N) is 2. The number of anilines is 1. The van der Waals surface area contributed by atoms with Crippen LogP contribution in [-0.2, 0) is 4.79 Å². The third kappa shape index (κ3) is 4.64. The van der Waals surface area contributed by atoms with E-state index in [1.54, 1.807) is 41.9 Å². The van der Waals surface area contributed by atoms with E-state index in [-0.39, 0.29) is 29.2 Å². The van der Waals surface area contributed by atoms with Gasteiger partial charge in [-0.3, -0.25) is 19.0 Å². The number of aromatic nitrogens is 2. The highest BCUT2D eigenvalue weighted by atomic mass is 32.2. The first-order valence-electron chi connectivity index (χ1n) is 10.3. The smallest absolute Gasteiger partial charge is 0.262 e. The summed E-state index contributed by atoms with van der Waals surface area (Å²) in [5.41, 5.74) is 1.74. The molecule has 3 aromatic rings. The SMILES string of the molecule is CNC(=O)c1ccc(NC(=O)CSc2nc3ccccc3c(=O)n2C2CCCC2)cc1. The number of rotatable bonds is 6. The standard InChI is InChI=1S/C23H24N4O3S/c1-24-21(29)15-10-12-16(13-11-15)25-20(28)14-31-23-26-19-9-5-4-8-18(19)22(30)27(23)17-6-2-3-7-17/h4-5,8-13,17H,2-3,6-7,14H2,1H3,(H,24,29)(H,25,28). The Kier molecular flexibility index (Phi) is 6.36. The van der Waals surface area contributed by atoms with Crippen LogP contribution in [0.5, 0.6) is 0 Å². The minimum atomic E-state index is -0.196. The molecule has 1 aliphatic rings. The van der Waals surface area contributed by atoms with Crippen molar-refractivity contribution in [3.05, 3.63) is 64.4 Å². The van der Waals surface area contributed by atoms with E-state index in [1.165, 1.54) is 11.8 Å². The Balaban J connectivity index is 1.51. The molecule has 31 heavy (non-hydrogen) atoms. The van der Waals surface area contributed by atoms with Crippen LogP contribution in [0.4, 0.5) is 5.69 Å². The first-order chi connectivity index (χ1) is 15.1. The second kappa shape index (κ2) is 9.34. The summed E-state index contributed by atoms with van der Waals surface area (Å²) in [5.74, 6) is -0.243. The van der Waals surface area contributed by atoms with E-state index in [2.05, 4.69) is 10.6 Å². The van der Waals surface area contributed by atoms with Crippen molar-refractivity contribution >= 4 is 40.2 Å². The van der Waals surface area contributed by atoms with E-state index in [0.717, 1.165) is 25.7 Å². The zero-order valence-electron chi connectivity index (χ0n) is 17.3. The fraction of sp³-hybridized carbons (Fsp3) is 0.304. The molecule has 4 rings (SSSR count). The minimum absolute atomic E-state index is 0.0369. The molecule has 2 N–H and O–H groups in total. The lowest BCUT2D eigenvalue weighted by molar-refractivity contribution is -0.113. The second-order valence-electron chi connectivity index (χ2n) is 7.52. The average Bonchev–Trinajstić information content (AvgIpc) is 3.32. The molecule has 1 aromatic heterocycles. The summed E-state index contributed by atoms with van der Waals surface area (Å²) < 4.78 is 1.78. The number of hydrogen-bond donors (Lipinski definition) is 2. The van der Waals surface area contributed by atoms with Crippen molar-refractivity contribution < 1.29 is 9.59 Å². The molecule has 2 aromatic carbocycles. The Morgan fingerprint density at radius 1 is 1.10 bits per heavy atom. The number of amides is 2. The molecule has 2 amide bonds. The van der Waals surface area contributed by atoms with Gasteiger partial charge in [-0.05, 0) is 49.2 Å². The lowest BCUT2D eigenvalue weighted by Crippen LogP contribution is -2.27. The van der Waals surface area contributed by atoms with Crippen molar-refractivity contribution in [1.82, 2.24) is 14.9 Å². The van der Waals surface area contributed by atoms with Crippen molar-refractivity contribution in [2.24, 2.45) is 0 Å². The number of fused-ring (bicyclic) bond motifs is 1. The van der Waals surface area contributed by atoms with E-state index in [4.69, 9.17) is 4.98 Å². The zero-order chi connectivity index (χ0) is 21.8. The Bertz CT molecular complexity index is 1170. The molecule has 0 unspecified atom stereocenters. The van der Waals surface area contributed by atoms with Crippen LogP contribution in [0, 0.1) is 0 Å². The van der Waals surface area contributed by atoms with Gasteiger partial charge >= 0.3 is 0 Å². The lowest BCUT2D eigenvalue weighted by atomic mass is 10.2. The zero-order valence-corrected chi connectivity index (χ0v) is 18.1. The number of benzene rings is 2. The molecule has 0 aliphatic heterocycles. The van der Waals surface area contributed by atoms with Gasteiger partial charge in [-0.15, -0.1) is 0 Å². The summed E-state index contributed by atoms with van der Waals surface area (Å²) in [7, 11) is 1.57. The quantitative estimate of drug-likeness (QED) is 0.455. The van der Waals surface area contributed by atoms with Crippen LogP contribution >= 0.6 is 11.8 Å². The molecule has 7 nitrogen and oxygen atoms in total. The predicted molar refractivity (Wildman–Crippen MR) is 123 cm³/mol. The number of para-hydroxylation sites is 1. The van der Waals surface area contributed by atoms with Gasteiger partial charge in [0.15, 0.2) is 5.16 Å². The van der Waals surface area contributed by atoms with Crippen molar-refractivity contribution in [2.45, 2.75) is 36.9 Å². The average molecular weight is 437 g/mol. The summed E-state index contributed by atoms with van der Waals surface area (Å²) in [6.07, 6.45) is 4.11. The van der Waals surface area contributed by atoms with E-state index in [0.29, 0.717) is 27.3 Å². The first kappa shape index (κ1) is 21.1. The summed E-state index contributed by atoms with van der Waals surface area (Å²) in [4.78, 5) is 42.0. The van der Waals surface area contributed by atoms with Gasteiger partial charge in [-0.25, -0.2) is 4.98 Å². The molecule has 1 fully saturated rings. The van der Waals surface area contributed by atoms with E-state index < -0.39 is 0 Å². The highest BCUT2D eigenvalue weighted by molar-refractivity contribution is 7.99. The van der Waals surface area contributed by atoms with Crippen molar-refractivity contribution in [1.29, 1.82) is 0 Å². The largest absolute Gasteiger partial charge is 0.355 e. The van der Waals surface area contributed by atoms with Gasteiger partial charge in [-0.2, -0.15) is 0 Å². The maximum atomic E-state index is 13.2. The Hall–Kier alpha value is -3.13. The molecule has 0 atom stereocenters. The van der Waals surface area contributed by atoms with Crippen LogP contribution in [0.3, 0.4) is 0 Å². The number of hydrogen-bond acceptors (Lipinski definition) is 5. The Morgan fingerprint density at radius 2 is 1.81 bits per heavy atom. The van der Waals surface area contributed by atoms with E-state index in [9.17, 15) is 14.4 Å². The lowest BCUT2D eigenvalue weighted by Gasteiger charge is -2.18. The maximum Gasteiger partial charge on any atom is 0.262 e. The number of nitrogens with one attached hydrogen (secondary N) is 2. The summed E-state index contributed by atoms with van der Waals surface area (Å²) in [5, 5.41) is 6.59. The molecule has 8 heteroatoms. The van der Waals surface area contributed by atoms with Gasteiger partial charge in [0.25, 0.3) is 11.5 Å². The molecule has 0 radical (unpaired) electrons. The minimum Gasteiger partial charge on any atom is -0.355 e. The van der Waals surface area contributed by atoms with Gasteiger partial charge < -0.3 is 10.6 Å². The van der Waals surface area contributed by atoms with Gasteiger partial charge in [0.2, 0.25) is 5.91 Å². The molecule has 1 heterocycles. The second-order valence-corrected chi connectivity index (χ2v) is 8.46. The van der Waals surface area contributed by atoms with Gasteiger partial charge in [0, 0.05) is 24.3 Å². The summed E-state index contributed by atoms with van der Waals surface area (Å²) >= 11 is 1.28. The summed E-state index contributed by atoms with van der Waals surface area (Å²) in [6.45, 7) is 0. The monoisotopic (exact) mass is 436 g/mol. The molecule has 0 saturated heterocycles. The molecule has 160 valence electrons. The topological polar surface area (TPSA) is 93.1 Å². The molecule has 0 bridgehead atoms. The van der Waals surface area contributed by atoms with Crippen molar-refractivity contribution in [3.8, 4) is 0 Å².